The van der Waals surface area contributed by atoms with Gasteiger partial charge >= 0.3 is 0 Å². The van der Waals surface area contributed by atoms with Gasteiger partial charge < -0.3 is 10.5 Å². The molecular formula is C17H21ClN4O. The predicted octanol–water partition coefficient (Wildman–Crippen LogP) is 3.06. The largest absolute Gasteiger partial charge is 0.384 e. The van der Waals surface area contributed by atoms with Crippen molar-refractivity contribution in [3.05, 3.63) is 52.9 Å². The fraction of sp³-hybridized carbons (Fsp3) is 0.412. The molecule has 0 amide bonds. The first-order valence-electron chi connectivity index (χ1n) is 7.64. The minimum atomic E-state index is -0.105. The number of hydrogen-bond donors (Lipinski definition) is 1. The molecule has 0 aliphatic carbocycles. The summed E-state index contributed by atoms with van der Waals surface area (Å²) in [5.74, 6) is 1.21. The summed E-state index contributed by atoms with van der Waals surface area (Å²) >= 11 is 6.32. The predicted molar refractivity (Wildman–Crippen MR) is 91.1 cm³/mol. The first-order valence-corrected chi connectivity index (χ1v) is 8.02. The Balaban J connectivity index is 1.81. The SMILES string of the molecule is CC1(C)CO[C@H](c2ccccc2Cl)CN1Cc1nccc(N)n1. The van der Waals surface area contributed by atoms with Crippen molar-refractivity contribution in [3.63, 3.8) is 0 Å². The van der Waals surface area contributed by atoms with Crippen molar-refractivity contribution < 1.29 is 4.74 Å². The van der Waals surface area contributed by atoms with Crippen LogP contribution in [0.1, 0.15) is 31.3 Å². The third-order valence-electron chi connectivity index (χ3n) is 4.19. The smallest absolute Gasteiger partial charge is 0.144 e. The van der Waals surface area contributed by atoms with E-state index in [1.807, 2.05) is 24.3 Å². The van der Waals surface area contributed by atoms with Crippen molar-refractivity contribution in [1.29, 1.82) is 0 Å². The molecule has 1 atom stereocenters. The number of nitrogen functional groups attached to an aromatic ring is 1. The first-order chi connectivity index (χ1) is 11.0. The third-order valence-corrected chi connectivity index (χ3v) is 4.54. The van der Waals surface area contributed by atoms with Crippen LogP contribution in [0.15, 0.2) is 36.5 Å². The van der Waals surface area contributed by atoms with Crippen LogP contribution in [-0.4, -0.2) is 33.6 Å². The summed E-state index contributed by atoms with van der Waals surface area (Å²) in [5, 5.41) is 0.734. The van der Waals surface area contributed by atoms with E-state index >= 15 is 0 Å². The van der Waals surface area contributed by atoms with Gasteiger partial charge in [-0.2, -0.15) is 0 Å². The first kappa shape index (κ1) is 16.2. The lowest BCUT2D eigenvalue weighted by Gasteiger charge is -2.45. The van der Waals surface area contributed by atoms with E-state index in [1.165, 1.54) is 0 Å². The Bertz CT molecular complexity index is 692. The Hall–Kier alpha value is -1.69. The Morgan fingerprint density at radius 3 is 2.87 bits per heavy atom. The highest BCUT2D eigenvalue weighted by molar-refractivity contribution is 6.31. The molecule has 2 N–H and O–H groups in total. The van der Waals surface area contributed by atoms with Crippen LogP contribution in [0.25, 0.3) is 0 Å². The Kier molecular flexibility index (Phi) is 4.53. The zero-order valence-electron chi connectivity index (χ0n) is 13.4. The van der Waals surface area contributed by atoms with Gasteiger partial charge in [0.25, 0.3) is 0 Å². The van der Waals surface area contributed by atoms with Crippen molar-refractivity contribution in [2.24, 2.45) is 0 Å². The maximum Gasteiger partial charge on any atom is 0.144 e. The highest BCUT2D eigenvalue weighted by atomic mass is 35.5. The van der Waals surface area contributed by atoms with Crippen molar-refractivity contribution in [1.82, 2.24) is 14.9 Å². The van der Waals surface area contributed by atoms with E-state index in [9.17, 15) is 0 Å². The van der Waals surface area contributed by atoms with E-state index < -0.39 is 0 Å². The average molecular weight is 333 g/mol. The van der Waals surface area contributed by atoms with Crippen molar-refractivity contribution in [3.8, 4) is 0 Å². The molecule has 6 heteroatoms. The van der Waals surface area contributed by atoms with Crippen LogP contribution in [0.2, 0.25) is 5.02 Å². The molecule has 2 heterocycles. The number of nitrogens with zero attached hydrogens (tertiary/aromatic N) is 3. The molecule has 0 unspecified atom stereocenters. The topological polar surface area (TPSA) is 64.3 Å². The van der Waals surface area contributed by atoms with E-state index in [0.29, 0.717) is 19.0 Å². The number of halogens is 1. The molecule has 0 saturated carbocycles. The minimum absolute atomic E-state index is 0.0576. The van der Waals surface area contributed by atoms with Gasteiger partial charge in [-0.15, -0.1) is 0 Å². The second kappa shape index (κ2) is 6.43. The molecule has 0 radical (unpaired) electrons. The maximum absolute atomic E-state index is 6.32. The van der Waals surface area contributed by atoms with E-state index in [0.717, 1.165) is 23.0 Å². The molecule has 23 heavy (non-hydrogen) atoms. The van der Waals surface area contributed by atoms with E-state index in [1.54, 1.807) is 12.3 Å². The number of rotatable bonds is 3. The van der Waals surface area contributed by atoms with Gasteiger partial charge in [-0.25, -0.2) is 9.97 Å². The fourth-order valence-corrected chi connectivity index (χ4v) is 3.02. The highest BCUT2D eigenvalue weighted by Gasteiger charge is 2.36. The van der Waals surface area contributed by atoms with Gasteiger partial charge in [-0.1, -0.05) is 29.8 Å². The molecule has 0 spiro atoms. The number of hydrogen-bond acceptors (Lipinski definition) is 5. The molecular weight excluding hydrogens is 312 g/mol. The molecule has 3 rings (SSSR count). The normalized spacial score (nSPS) is 21.3. The lowest BCUT2D eigenvalue weighted by Crippen LogP contribution is -2.53. The molecule has 1 aromatic heterocycles. The van der Waals surface area contributed by atoms with Crippen molar-refractivity contribution >= 4 is 17.4 Å². The van der Waals surface area contributed by atoms with Gasteiger partial charge in [-0.3, -0.25) is 4.90 Å². The summed E-state index contributed by atoms with van der Waals surface area (Å²) in [6, 6.07) is 9.51. The molecule has 0 bridgehead atoms. The standard InChI is InChI=1S/C17H21ClN4O/c1-17(2)11-23-14(12-5-3-4-6-13(12)18)9-22(17)10-16-20-8-7-15(19)21-16/h3-8,14H,9-11H2,1-2H3,(H2,19,20,21)/t14-/m0/s1. The molecule has 122 valence electrons. The minimum Gasteiger partial charge on any atom is -0.384 e. The fourth-order valence-electron chi connectivity index (χ4n) is 2.76. The highest BCUT2D eigenvalue weighted by Crippen LogP contribution is 2.34. The number of aromatic nitrogens is 2. The lowest BCUT2D eigenvalue weighted by molar-refractivity contribution is -0.105. The Morgan fingerprint density at radius 1 is 1.35 bits per heavy atom. The van der Waals surface area contributed by atoms with Crippen LogP contribution < -0.4 is 5.73 Å². The van der Waals surface area contributed by atoms with Crippen LogP contribution >= 0.6 is 11.6 Å². The summed E-state index contributed by atoms with van der Waals surface area (Å²) in [7, 11) is 0. The van der Waals surface area contributed by atoms with Gasteiger partial charge in [0.1, 0.15) is 11.6 Å². The number of nitrogens with two attached hydrogens (primary N) is 1. The molecule has 1 aliphatic heterocycles. The lowest BCUT2D eigenvalue weighted by atomic mass is 9.98. The van der Waals surface area contributed by atoms with Crippen LogP contribution in [0.5, 0.6) is 0 Å². The molecule has 2 aromatic rings. The van der Waals surface area contributed by atoms with E-state index in [4.69, 9.17) is 22.1 Å². The second-order valence-corrected chi connectivity index (χ2v) is 6.82. The van der Waals surface area contributed by atoms with Crippen LogP contribution in [-0.2, 0) is 11.3 Å². The van der Waals surface area contributed by atoms with Crippen LogP contribution in [0.3, 0.4) is 0 Å². The van der Waals surface area contributed by atoms with Gasteiger partial charge in [-0.05, 0) is 26.0 Å². The van der Waals surface area contributed by atoms with Gasteiger partial charge in [0.15, 0.2) is 0 Å². The van der Waals surface area contributed by atoms with Crippen LogP contribution in [0, 0.1) is 0 Å². The number of benzene rings is 1. The third kappa shape index (κ3) is 3.63. The number of ether oxygens (including phenoxy) is 1. The van der Waals surface area contributed by atoms with Crippen LogP contribution in [0.4, 0.5) is 5.82 Å². The number of morpholine rings is 1. The monoisotopic (exact) mass is 332 g/mol. The Morgan fingerprint density at radius 2 is 2.13 bits per heavy atom. The maximum atomic E-state index is 6.32. The summed E-state index contributed by atoms with van der Waals surface area (Å²) < 4.78 is 6.06. The Labute approximate surface area is 141 Å². The molecule has 1 saturated heterocycles. The summed E-state index contributed by atoms with van der Waals surface area (Å²) in [6.45, 7) is 6.28. The molecule has 5 nitrogen and oxygen atoms in total. The molecule has 1 aromatic carbocycles. The van der Waals surface area contributed by atoms with Crippen molar-refractivity contribution in [2.45, 2.75) is 32.0 Å². The quantitative estimate of drug-likeness (QED) is 0.935. The molecule has 1 fully saturated rings. The van der Waals surface area contributed by atoms with Crippen molar-refractivity contribution in [2.75, 3.05) is 18.9 Å². The zero-order chi connectivity index (χ0) is 16.4. The van der Waals surface area contributed by atoms with Gasteiger partial charge in [0.05, 0.1) is 19.3 Å². The summed E-state index contributed by atoms with van der Waals surface area (Å²) in [5.41, 5.74) is 6.67. The number of anilines is 1. The molecule has 1 aliphatic rings. The van der Waals surface area contributed by atoms with Gasteiger partial charge in [0.2, 0.25) is 0 Å². The average Bonchev–Trinajstić information content (AvgIpc) is 2.50. The zero-order valence-corrected chi connectivity index (χ0v) is 14.1. The second-order valence-electron chi connectivity index (χ2n) is 6.41. The summed E-state index contributed by atoms with van der Waals surface area (Å²) in [6.07, 6.45) is 1.63. The van der Waals surface area contributed by atoms with E-state index in [2.05, 4.69) is 28.7 Å². The van der Waals surface area contributed by atoms with Gasteiger partial charge in [0, 0.05) is 28.9 Å². The van der Waals surface area contributed by atoms with E-state index in [-0.39, 0.29) is 11.6 Å². The summed E-state index contributed by atoms with van der Waals surface area (Å²) in [4.78, 5) is 10.9.